The van der Waals surface area contributed by atoms with Crippen molar-refractivity contribution in [2.75, 3.05) is 19.0 Å². The highest BCUT2D eigenvalue weighted by Gasteiger charge is 2.07. The number of carboxylic acid groups (broad SMARTS) is 1. The molecule has 1 aromatic heterocycles. The fraction of sp³-hybridized carbons (Fsp3) is 0.727. The fourth-order valence-corrected chi connectivity index (χ4v) is 1.98. The van der Waals surface area contributed by atoms with Crippen LogP contribution in [0.4, 0.5) is 0 Å². The molecular formula is C11H19N3O3S. The number of hydrogen-bond donors (Lipinski definition) is 1. The maximum absolute atomic E-state index is 10.5. The molecule has 102 valence electrons. The predicted octanol–water partition coefficient (Wildman–Crippen LogP) is 1.66. The molecule has 0 saturated heterocycles. The summed E-state index contributed by atoms with van der Waals surface area (Å²) in [6.07, 6.45) is 4.73. The molecule has 18 heavy (non-hydrogen) atoms. The summed E-state index contributed by atoms with van der Waals surface area (Å²) in [7, 11) is 0. The van der Waals surface area contributed by atoms with Gasteiger partial charge in [-0.2, -0.15) is 0 Å². The topological polar surface area (TPSA) is 77.2 Å². The van der Waals surface area contributed by atoms with E-state index in [1.54, 1.807) is 6.33 Å². The third kappa shape index (κ3) is 6.02. The minimum Gasteiger partial charge on any atom is -0.481 e. The van der Waals surface area contributed by atoms with E-state index >= 15 is 0 Å². The summed E-state index contributed by atoms with van der Waals surface area (Å²) in [5.74, 6) is -0.844. The van der Waals surface area contributed by atoms with E-state index in [4.69, 9.17) is 9.84 Å². The summed E-state index contributed by atoms with van der Waals surface area (Å²) >= 11 is 1.18. The Morgan fingerprint density at radius 3 is 3.00 bits per heavy atom. The number of aryl methyl sites for hydroxylation is 1. The van der Waals surface area contributed by atoms with Crippen LogP contribution in [-0.2, 0) is 16.1 Å². The van der Waals surface area contributed by atoms with Gasteiger partial charge < -0.3 is 14.4 Å². The maximum atomic E-state index is 10.5. The van der Waals surface area contributed by atoms with E-state index in [1.165, 1.54) is 11.8 Å². The van der Waals surface area contributed by atoms with Crippen molar-refractivity contribution in [1.82, 2.24) is 14.8 Å². The second-order valence-electron chi connectivity index (χ2n) is 3.81. The zero-order chi connectivity index (χ0) is 13.2. The summed E-state index contributed by atoms with van der Waals surface area (Å²) in [6.45, 7) is 4.40. The van der Waals surface area contributed by atoms with Gasteiger partial charge in [0.25, 0.3) is 0 Å². The first-order valence-corrected chi connectivity index (χ1v) is 7.02. The molecule has 0 amide bonds. The second kappa shape index (κ2) is 8.93. The zero-order valence-electron chi connectivity index (χ0n) is 10.5. The molecule has 7 heteroatoms. The van der Waals surface area contributed by atoms with E-state index in [1.807, 2.05) is 4.57 Å². The Kier molecular flexibility index (Phi) is 7.43. The fourth-order valence-electron chi connectivity index (χ4n) is 1.32. The Balaban J connectivity index is 2.21. The number of nitrogens with zero attached hydrogens (tertiary/aromatic N) is 3. The van der Waals surface area contributed by atoms with Crippen molar-refractivity contribution in [3.05, 3.63) is 6.33 Å². The SMILES string of the molecule is CCCCOCCCn1cnnc1SCC(=O)O. The number of hydrogen-bond acceptors (Lipinski definition) is 5. The number of ether oxygens (including phenoxy) is 1. The third-order valence-electron chi connectivity index (χ3n) is 2.23. The summed E-state index contributed by atoms with van der Waals surface area (Å²) < 4.78 is 7.31. The average molecular weight is 273 g/mol. The Morgan fingerprint density at radius 2 is 2.28 bits per heavy atom. The molecule has 0 atom stereocenters. The first-order chi connectivity index (χ1) is 8.74. The van der Waals surface area contributed by atoms with E-state index in [-0.39, 0.29) is 5.75 Å². The van der Waals surface area contributed by atoms with Crippen LogP contribution >= 0.6 is 11.8 Å². The van der Waals surface area contributed by atoms with Crippen LogP contribution in [0.15, 0.2) is 11.5 Å². The van der Waals surface area contributed by atoms with Crippen molar-refractivity contribution in [1.29, 1.82) is 0 Å². The largest absolute Gasteiger partial charge is 0.481 e. The van der Waals surface area contributed by atoms with Crippen LogP contribution in [0.5, 0.6) is 0 Å². The molecule has 1 aromatic rings. The lowest BCUT2D eigenvalue weighted by Crippen LogP contribution is -2.05. The van der Waals surface area contributed by atoms with E-state index in [0.717, 1.165) is 32.4 Å². The molecule has 0 aliphatic rings. The second-order valence-corrected chi connectivity index (χ2v) is 4.75. The van der Waals surface area contributed by atoms with Gasteiger partial charge in [0.2, 0.25) is 0 Å². The first kappa shape index (κ1) is 15.0. The summed E-state index contributed by atoms with van der Waals surface area (Å²) in [6, 6.07) is 0. The standard InChI is InChI=1S/C11H19N3O3S/c1-2-3-6-17-7-4-5-14-9-12-13-11(14)18-8-10(15)16/h9H,2-8H2,1H3,(H,15,16). The van der Waals surface area contributed by atoms with E-state index < -0.39 is 5.97 Å². The number of thioether (sulfide) groups is 1. The Morgan fingerprint density at radius 1 is 1.50 bits per heavy atom. The van der Waals surface area contributed by atoms with Gasteiger partial charge in [-0.1, -0.05) is 25.1 Å². The lowest BCUT2D eigenvalue weighted by molar-refractivity contribution is -0.133. The number of aliphatic carboxylic acids is 1. The van der Waals surface area contributed by atoms with Crippen LogP contribution in [-0.4, -0.2) is 44.8 Å². The maximum Gasteiger partial charge on any atom is 0.313 e. The van der Waals surface area contributed by atoms with Crippen LogP contribution in [0.25, 0.3) is 0 Å². The van der Waals surface area contributed by atoms with Crippen molar-refractivity contribution < 1.29 is 14.6 Å². The summed E-state index contributed by atoms with van der Waals surface area (Å²) in [4.78, 5) is 10.5. The minimum absolute atomic E-state index is 0.00565. The highest BCUT2D eigenvalue weighted by molar-refractivity contribution is 7.99. The van der Waals surface area contributed by atoms with Gasteiger partial charge in [-0.3, -0.25) is 4.79 Å². The number of carboxylic acids is 1. The van der Waals surface area contributed by atoms with Gasteiger partial charge in [0.1, 0.15) is 6.33 Å². The molecule has 6 nitrogen and oxygen atoms in total. The predicted molar refractivity (Wildman–Crippen MR) is 68.7 cm³/mol. The minimum atomic E-state index is -0.850. The number of unbranched alkanes of at least 4 members (excludes halogenated alkanes) is 1. The molecule has 1 rings (SSSR count). The lowest BCUT2D eigenvalue weighted by Gasteiger charge is -2.06. The van der Waals surface area contributed by atoms with E-state index in [2.05, 4.69) is 17.1 Å². The quantitative estimate of drug-likeness (QED) is 0.516. The molecular weight excluding hydrogens is 254 g/mol. The molecule has 0 spiro atoms. The molecule has 0 saturated carbocycles. The van der Waals surface area contributed by atoms with Crippen molar-refractivity contribution in [2.45, 2.75) is 37.9 Å². The summed E-state index contributed by atoms with van der Waals surface area (Å²) in [5.41, 5.74) is 0. The first-order valence-electron chi connectivity index (χ1n) is 6.04. The van der Waals surface area contributed by atoms with E-state index in [0.29, 0.717) is 11.8 Å². The lowest BCUT2D eigenvalue weighted by atomic mass is 10.4. The molecule has 0 bridgehead atoms. The zero-order valence-corrected chi connectivity index (χ0v) is 11.4. The van der Waals surface area contributed by atoms with Gasteiger partial charge >= 0.3 is 5.97 Å². The van der Waals surface area contributed by atoms with Gasteiger partial charge in [-0.15, -0.1) is 10.2 Å². The van der Waals surface area contributed by atoms with Gasteiger partial charge in [-0.25, -0.2) is 0 Å². The van der Waals surface area contributed by atoms with E-state index in [9.17, 15) is 4.79 Å². The monoisotopic (exact) mass is 273 g/mol. The van der Waals surface area contributed by atoms with Crippen LogP contribution in [0.3, 0.4) is 0 Å². The Hall–Kier alpha value is -1.08. The molecule has 0 fully saturated rings. The van der Waals surface area contributed by atoms with Crippen molar-refractivity contribution in [3.8, 4) is 0 Å². The van der Waals surface area contributed by atoms with Crippen LogP contribution in [0.2, 0.25) is 0 Å². The number of carbonyl (C=O) groups is 1. The number of aromatic nitrogens is 3. The van der Waals surface area contributed by atoms with Crippen LogP contribution in [0.1, 0.15) is 26.2 Å². The highest BCUT2D eigenvalue weighted by Crippen LogP contribution is 2.14. The molecule has 0 unspecified atom stereocenters. The molecule has 0 radical (unpaired) electrons. The normalized spacial score (nSPS) is 10.7. The van der Waals surface area contributed by atoms with Crippen LogP contribution in [0, 0.1) is 0 Å². The molecule has 1 N–H and O–H groups in total. The average Bonchev–Trinajstić information content (AvgIpc) is 2.78. The van der Waals surface area contributed by atoms with Crippen molar-refractivity contribution in [2.24, 2.45) is 0 Å². The Labute approximate surface area is 111 Å². The van der Waals surface area contributed by atoms with Gasteiger partial charge in [0.15, 0.2) is 5.16 Å². The summed E-state index contributed by atoms with van der Waals surface area (Å²) in [5, 5.41) is 16.9. The van der Waals surface area contributed by atoms with Crippen LogP contribution < -0.4 is 0 Å². The molecule has 0 aliphatic carbocycles. The van der Waals surface area contributed by atoms with Crippen molar-refractivity contribution >= 4 is 17.7 Å². The van der Waals surface area contributed by atoms with Gasteiger partial charge in [0.05, 0.1) is 5.75 Å². The smallest absolute Gasteiger partial charge is 0.313 e. The van der Waals surface area contributed by atoms with Gasteiger partial charge in [0, 0.05) is 19.8 Å². The Bertz CT molecular complexity index is 357. The molecule has 0 aliphatic heterocycles. The third-order valence-corrected chi connectivity index (χ3v) is 3.20. The number of rotatable bonds is 10. The molecule has 1 heterocycles. The van der Waals surface area contributed by atoms with Crippen molar-refractivity contribution in [3.63, 3.8) is 0 Å². The molecule has 0 aromatic carbocycles. The van der Waals surface area contributed by atoms with Gasteiger partial charge in [-0.05, 0) is 12.8 Å². The highest BCUT2D eigenvalue weighted by atomic mass is 32.2.